The first-order valence-electron chi connectivity index (χ1n) is 26.2. The maximum Gasteiger partial charge on any atom is 0.410 e. The highest BCUT2D eigenvalue weighted by Gasteiger charge is 2.46. The molecule has 2 saturated heterocycles. The number of amides is 2. The van der Waals surface area contributed by atoms with E-state index in [1.165, 1.54) is 30.8 Å². The van der Waals surface area contributed by atoms with E-state index in [1.54, 1.807) is 6.92 Å². The zero-order chi connectivity index (χ0) is 55.9. The van der Waals surface area contributed by atoms with Gasteiger partial charge in [-0.1, -0.05) is 111 Å². The number of carbonyl (C=O) groups is 7. The van der Waals surface area contributed by atoms with Crippen molar-refractivity contribution in [2.24, 2.45) is 11.8 Å². The molecule has 2 heterocycles. The first kappa shape index (κ1) is 60.1. The molecule has 2 aliphatic heterocycles. The number of nitrogens with zero attached hydrogens (tertiary/aromatic N) is 2. The molecule has 17 heteroatoms. The summed E-state index contributed by atoms with van der Waals surface area (Å²) in [6, 6.07) is 30.4. The molecule has 4 aromatic carbocycles. The highest BCUT2D eigenvalue weighted by Crippen LogP contribution is 2.46. The van der Waals surface area contributed by atoms with Crippen LogP contribution in [0.1, 0.15) is 123 Å². The van der Waals surface area contributed by atoms with E-state index in [0.29, 0.717) is 0 Å². The minimum absolute atomic E-state index is 0. The molecular formula is C61H76N2O15. The second kappa shape index (κ2) is 25.6. The smallest absolute Gasteiger partial charge is 0.410 e. The number of ether oxygens (including phenoxy) is 7. The number of likely N-dealkylation sites (tertiary alicyclic amines) is 2. The molecular weight excluding hydrogens is 1000 g/mol. The summed E-state index contributed by atoms with van der Waals surface area (Å²) < 4.78 is 39.1. The van der Waals surface area contributed by atoms with Crippen LogP contribution in [0.15, 0.2) is 97.1 Å². The molecule has 420 valence electrons. The molecule has 2 aliphatic carbocycles. The van der Waals surface area contributed by atoms with Crippen LogP contribution in [0.2, 0.25) is 0 Å². The fourth-order valence-corrected chi connectivity index (χ4v) is 11.0. The standard InChI is InChI=1S/C36H45NO10.C24H27NO5.CH4/c1-21(33(46-23(3)39)20-44-22(2)38)29(34(41)43-7)17-32(40)31-16-24(47-36(4,5)6)18-37(31)35(42)45-19-30-27-14-10-8-12-25(27)26-13-9-11-15-28(26)30;1-24(2,3)30-15-12-21(22(26)27)25(13-15)23(28)29-14-20-18-10-6-4-8-16(18)17-9-5-7-11-19(17)20;/h8-15,21,24,29-31,33H,16-20H2,1-7H3;4-11,15,20-21H,12-14H2,1-3H3,(H,26,27);1H4/t21-,24+,29-,31-,33+;15-,21+;/m01./s1. The topological polar surface area (TPSA) is 211 Å². The molecule has 0 spiro atoms. The number of hydrogen-bond donors (Lipinski definition) is 1. The monoisotopic (exact) mass is 1080 g/mol. The van der Waals surface area contributed by atoms with Gasteiger partial charge in [0.15, 0.2) is 5.78 Å². The molecule has 0 unspecified atom stereocenters. The Morgan fingerprint density at radius 3 is 1.33 bits per heavy atom. The van der Waals surface area contributed by atoms with Crippen molar-refractivity contribution in [3.8, 4) is 22.3 Å². The van der Waals surface area contributed by atoms with E-state index in [2.05, 4.69) is 36.4 Å². The van der Waals surface area contributed by atoms with Crippen LogP contribution in [-0.2, 0) is 57.1 Å². The van der Waals surface area contributed by atoms with Gasteiger partial charge in [0.25, 0.3) is 0 Å². The second-order valence-corrected chi connectivity index (χ2v) is 22.1. The van der Waals surface area contributed by atoms with Crippen molar-refractivity contribution in [1.82, 2.24) is 9.80 Å². The van der Waals surface area contributed by atoms with Crippen molar-refractivity contribution in [3.05, 3.63) is 119 Å². The van der Waals surface area contributed by atoms with Gasteiger partial charge in [0.05, 0.1) is 55.6 Å². The number of aliphatic carboxylic acids is 1. The number of Topliss-reactive ketones (excluding diaryl/α,β-unsaturated/α-hetero) is 1. The number of hydrogen-bond acceptors (Lipinski definition) is 14. The van der Waals surface area contributed by atoms with E-state index in [0.717, 1.165) is 44.5 Å². The van der Waals surface area contributed by atoms with Gasteiger partial charge in [0.2, 0.25) is 0 Å². The number of rotatable bonds is 16. The number of fused-ring (bicyclic) bond motifs is 6. The van der Waals surface area contributed by atoms with Gasteiger partial charge in [-0.2, -0.15) is 0 Å². The highest BCUT2D eigenvalue weighted by molar-refractivity contribution is 5.91. The van der Waals surface area contributed by atoms with E-state index in [-0.39, 0.29) is 77.5 Å². The first-order valence-corrected chi connectivity index (χ1v) is 26.2. The number of ketones is 1. The minimum Gasteiger partial charge on any atom is -0.480 e. The van der Waals surface area contributed by atoms with Crippen LogP contribution in [0.5, 0.6) is 0 Å². The lowest BCUT2D eigenvalue weighted by molar-refractivity contribution is -0.165. The molecule has 2 amide bonds. The molecule has 78 heavy (non-hydrogen) atoms. The molecule has 0 radical (unpaired) electrons. The Hall–Kier alpha value is -7.11. The Morgan fingerprint density at radius 1 is 0.590 bits per heavy atom. The van der Waals surface area contributed by atoms with Crippen LogP contribution in [0, 0.1) is 11.8 Å². The number of carbonyl (C=O) groups excluding carboxylic acids is 6. The average Bonchev–Trinajstić information content (AvgIpc) is 4.18. The molecule has 0 aromatic heterocycles. The fraction of sp³-hybridized carbons (Fsp3) is 0.492. The van der Waals surface area contributed by atoms with Gasteiger partial charge < -0.3 is 38.3 Å². The Kier molecular flexibility index (Phi) is 19.7. The summed E-state index contributed by atoms with van der Waals surface area (Å²) in [5.41, 5.74) is 7.92. The minimum atomic E-state index is -1.06. The molecule has 4 aromatic rings. The fourth-order valence-electron chi connectivity index (χ4n) is 11.0. The van der Waals surface area contributed by atoms with Crippen LogP contribution in [0.25, 0.3) is 22.3 Å². The summed E-state index contributed by atoms with van der Waals surface area (Å²) >= 11 is 0. The van der Waals surface area contributed by atoms with Gasteiger partial charge >= 0.3 is 36.1 Å². The predicted molar refractivity (Wildman–Crippen MR) is 290 cm³/mol. The molecule has 0 saturated carbocycles. The Balaban J connectivity index is 0.000000273. The van der Waals surface area contributed by atoms with E-state index in [9.17, 15) is 38.7 Å². The largest absolute Gasteiger partial charge is 0.480 e. The van der Waals surface area contributed by atoms with Crippen molar-refractivity contribution in [3.63, 3.8) is 0 Å². The number of methoxy groups -OCH3 is 1. The zero-order valence-electron chi connectivity index (χ0n) is 45.6. The van der Waals surface area contributed by atoms with Crippen molar-refractivity contribution in [2.45, 2.75) is 142 Å². The second-order valence-electron chi connectivity index (χ2n) is 22.1. The predicted octanol–water partition coefficient (Wildman–Crippen LogP) is 9.99. The average molecular weight is 1080 g/mol. The van der Waals surface area contributed by atoms with E-state index in [4.69, 9.17) is 33.2 Å². The van der Waals surface area contributed by atoms with Gasteiger partial charge in [0.1, 0.15) is 32.0 Å². The van der Waals surface area contributed by atoms with Crippen molar-refractivity contribution in [1.29, 1.82) is 0 Å². The van der Waals surface area contributed by atoms with Gasteiger partial charge in [-0.15, -0.1) is 0 Å². The third-order valence-electron chi connectivity index (χ3n) is 14.3. The van der Waals surface area contributed by atoms with Crippen molar-refractivity contribution >= 4 is 41.8 Å². The molecule has 17 nitrogen and oxygen atoms in total. The number of benzene rings is 4. The zero-order valence-corrected chi connectivity index (χ0v) is 45.6. The van der Waals surface area contributed by atoms with Crippen LogP contribution in [-0.4, -0.2) is 138 Å². The molecule has 0 bridgehead atoms. The summed E-state index contributed by atoms with van der Waals surface area (Å²) in [5.74, 6) is -5.39. The van der Waals surface area contributed by atoms with Crippen LogP contribution < -0.4 is 0 Å². The van der Waals surface area contributed by atoms with Gasteiger partial charge in [-0.3, -0.25) is 29.0 Å². The maximum atomic E-state index is 14.0. The lowest BCUT2D eigenvalue weighted by Crippen LogP contribution is -2.44. The number of carboxylic acids is 1. The molecule has 7 atom stereocenters. The normalized spacial score (nSPS) is 19.5. The van der Waals surface area contributed by atoms with Crippen molar-refractivity contribution < 1.29 is 71.8 Å². The van der Waals surface area contributed by atoms with Crippen LogP contribution >= 0.6 is 0 Å². The van der Waals surface area contributed by atoms with Crippen molar-refractivity contribution in [2.75, 3.05) is 40.0 Å². The molecule has 2 fully saturated rings. The summed E-state index contributed by atoms with van der Waals surface area (Å²) in [5, 5.41) is 9.58. The summed E-state index contributed by atoms with van der Waals surface area (Å²) in [4.78, 5) is 91.3. The SMILES string of the molecule is C.CC(C)(C)O[C@@H]1C[C@@H](C(=O)O)N(C(=O)OCC2c3ccccc3-c3ccccc32)C1.COC(=O)[C@@H](CC(=O)[C@@H]1C[C@@H](OC(C)(C)C)CN1C(=O)OCC1c2ccccc2-c2ccccc21)[C@H](C)[C@@H](COC(C)=O)OC(C)=O. The van der Waals surface area contributed by atoms with Gasteiger partial charge in [0, 0.05) is 50.9 Å². The summed E-state index contributed by atoms with van der Waals surface area (Å²) in [7, 11) is 1.20. The summed E-state index contributed by atoms with van der Waals surface area (Å²) in [6.07, 6.45) is -2.88. The third kappa shape index (κ3) is 14.5. The Bertz CT molecular complexity index is 2720. The van der Waals surface area contributed by atoms with Gasteiger partial charge in [-0.25, -0.2) is 14.4 Å². The quantitative estimate of drug-likeness (QED) is 0.0817. The highest BCUT2D eigenvalue weighted by atomic mass is 16.6. The molecule has 4 aliphatic rings. The number of esters is 3. The Morgan fingerprint density at radius 2 is 0.974 bits per heavy atom. The lowest BCUT2D eigenvalue weighted by Gasteiger charge is -2.30. The van der Waals surface area contributed by atoms with E-state index < -0.39 is 89.2 Å². The lowest BCUT2D eigenvalue weighted by atomic mass is 9.84. The summed E-state index contributed by atoms with van der Waals surface area (Å²) in [6.45, 7) is 15.8. The number of carboxylic acid groups (broad SMARTS) is 1. The van der Waals surface area contributed by atoms with Crippen LogP contribution in [0.3, 0.4) is 0 Å². The molecule has 1 N–H and O–H groups in total. The van der Waals surface area contributed by atoms with Gasteiger partial charge in [-0.05, 0) is 86.1 Å². The third-order valence-corrected chi connectivity index (χ3v) is 14.3. The Labute approximate surface area is 457 Å². The van der Waals surface area contributed by atoms with E-state index in [1.807, 2.05) is 102 Å². The maximum absolute atomic E-state index is 14.0. The van der Waals surface area contributed by atoms with E-state index >= 15 is 0 Å². The molecule has 8 rings (SSSR count). The first-order chi connectivity index (χ1) is 36.4. The van der Waals surface area contributed by atoms with Crippen LogP contribution in [0.4, 0.5) is 9.59 Å².